The van der Waals surface area contributed by atoms with Crippen LogP contribution in [0.3, 0.4) is 0 Å². The molecule has 0 saturated carbocycles. The molecule has 31 heavy (non-hydrogen) atoms. The summed E-state index contributed by atoms with van der Waals surface area (Å²) in [6, 6.07) is 9.83. The lowest BCUT2D eigenvalue weighted by molar-refractivity contribution is 0.102. The first-order chi connectivity index (χ1) is 14.8. The topological polar surface area (TPSA) is 130 Å². The summed E-state index contributed by atoms with van der Waals surface area (Å²) >= 11 is 5.74. The highest BCUT2D eigenvalue weighted by Gasteiger charge is 2.19. The fourth-order valence-corrected chi connectivity index (χ4v) is 2.62. The maximum absolute atomic E-state index is 13.8. The molecule has 0 aliphatic heterocycles. The van der Waals surface area contributed by atoms with Crippen LogP contribution in [0.5, 0.6) is 0 Å². The Hall–Kier alpha value is -3.89. The molecule has 0 spiro atoms. The molecule has 11 heteroatoms. The Labute approximate surface area is 179 Å². The first kappa shape index (κ1) is 21.8. The lowest BCUT2D eigenvalue weighted by Gasteiger charge is -2.12. The van der Waals surface area contributed by atoms with E-state index >= 15 is 0 Å². The minimum absolute atomic E-state index is 0.122. The fraction of sp³-hybridized carbons (Fsp3) is 0. The van der Waals surface area contributed by atoms with Gasteiger partial charge in [-0.15, -0.1) is 0 Å². The number of nitrogens with zero attached hydrogens (tertiary/aromatic N) is 1. The molecule has 158 valence electrons. The molecule has 8 nitrogen and oxygen atoms in total. The molecule has 1 heterocycles. The molecular weight excluding hydrogens is 432 g/mol. The number of benzene rings is 2. The standard InChI is InChI=1S/C20H14ClF2N5O3/c21-12-5-6-17(26-9-12)28-20(30)13-7-14(22)15(23)8-16(13)27-19(29)11-3-1-10(2-4-11)18(24)31-25/h1-9,24H,25H2,(H,27,29)(H,26,28,30). The molecule has 2 aromatic carbocycles. The Morgan fingerprint density at radius 1 is 0.968 bits per heavy atom. The van der Waals surface area contributed by atoms with Crippen LogP contribution in [0, 0.1) is 17.0 Å². The fourth-order valence-electron chi connectivity index (χ4n) is 2.51. The van der Waals surface area contributed by atoms with E-state index in [1.54, 1.807) is 0 Å². The number of hydrogen-bond acceptors (Lipinski definition) is 6. The Balaban J connectivity index is 1.85. The van der Waals surface area contributed by atoms with E-state index < -0.39 is 23.4 Å². The van der Waals surface area contributed by atoms with Crippen molar-refractivity contribution in [3.05, 3.63) is 88.1 Å². The van der Waals surface area contributed by atoms with Gasteiger partial charge in [-0.1, -0.05) is 11.6 Å². The summed E-state index contributed by atoms with van der Waals surface area (Å²) in [5.74, 6) is 0.697. The van der Waals surface area contributed by atoms with Crippen LogP contribution < -0.4 is 16.5 Å². The summed E-state index contributed by atoms with van der Waals surface area (Å²) in [5.41, 5.74) is -0.122. The van der Waals surface area contributed by atoms with Gasteiger partial charge in [0.1, 0.15) is 5.82 Å². The first-order valence-corrected chi connectivity index (χ1v) is 8.95. The highest BCUT2D eigenvalue weighted by Crippen LogP contribution is 2.22. The summed E-state index contributed by atoms with van der Waals surface area (Å²) < 4.78 is 27.6. The van der Waals surface area contributed by atoms with Crippen LogP contribution in [0.1, 0.15) is 26.3 Å². The first-order valence-electron chi connectivity index (χ1n) is 8.57. The molecule has 3 rings (SSSR count). The van der Waals surface area contributed by atoms with Crippen molar-refractivity contribution >= 4 is 40.8 Å². The zero-order valence-electron chi connectivity index (χ0n) is 15.6. The second-order valence-electron chi connectivity index (χ2n) is 6.11. The second kappa shape index (κ2) is 9.28. The lowest BCUT2D eigenvalue weighted by Crippen LogP contribution is -2.19. The molecule has 0 aliphatic carbocycles. The van der Waals surface area contributed by atoms with Crippen molar-refractivity contribution in [3.63, 3.8) is 0 Å². The molecular formula is C20H14ClF2N5O3. The van der Waals surface area contributed by atoms with Crippen molar-refractivity contribution in [2.75, 3.05) is 10.6 Å². The number of pyridine rings is 1. The van der Waals surface area contributed by atoms with Crippen molar-refractivity contribution in [1.82, 2.24) is 4.98 Å². The third-order valence-corrected chi connectivity index (χ3v) is 4.27. The smallest absolute Gasteiger partial charge is 0.259 e. The molecule has 0 aliphatic rings. The highest BCUT2D eigenvalue weighted by molar-refractivity contribution is 6.30. The molecule has 5 N–H and O–H groups in total. The minimum atomic E-state index is -1.27. The van der Waals surface area contributed by atoms with Crippen molar-refractivity contribution in [3.8, 4) is 0 Å². The van der Waals surface area contributed by atoms with E-state index in [1.165, 1.54) is 42.6 Å². The number of hydrogen-bond donors (Lipinski definition) is 4. The maximum Gasteiger partial charge on any atom is 0.259 e. The van der Waals surface area contributed by atoms with E-state index in [2.05, 4.69) is 20.5 Å². The number of rotatable bonds is 5. The predicted molar refractivity (Wildman–Crippen MR) is 110 cm³/mol. The number of carbonyl (C=O) groups is 2. The molecule has 0 saturated heterocycles. The molecule has 1 aromatic heterocycles. The average Bonchev–Trinajstić information content (AvgIpc) is 2.77. The third-order valence-electron chi connectivity index (χ3n) is 4.05. The van der Waals surface area contributed by atoms with Crippen LogP contribution >= 0.6 is 11.6 Å². The second-order valence-corrected chi connectivity index (χ2v) is 6.54. The van der Waals surface area contributed by atoms with Crippen LogP contribution in [0.4, 0.5) is 20.3 Å². The number of nitrogens with two attached hydrogens (primary N) is 1. The van der Waals surface area contributed by atoms with Crippen molar-refractivity contribution in [2.45, 2.75) is 0 Å². The van der Waals surface area contributed by atoms with Gasteiger partial charge in [-0.2, -0.15) is 5.90 Å². The zero-order valence-corrected chi connectivity index (χ0v) is 16.3. The number of nitrogens with one attached hydrogen (secondary N) is 3. The van der Waals surface area contributed by atoms with Gasteiger partial charge in [-0.25, -0.2) is 13.8 Å². The molecule has 0 fully saturated rings. The Bertz CT molecular complexity index is 1150. The van der Waals surface area contributed by atoms with Crippen molar-refractivity contribution in [1.29, 1.82) is 5.41 Å². The average molecular weight is 446 g/mol. The number of aromatic nitrogens is 1. The summed E-state index contributed by atoms with van der Waals surface area (Å²) in [6.07, 6.45) is 1.30. The van der Waals surface area contributed by atoms with E-state index in [0.29, 0.717) is 22.7 Å². The van der Waals surface area contributed by atoms with Gasteiger partial charge in [0.2, 0.25) is 5.90 Å². The summed E-state index contributed by atoms with van der Waals surface area (Å²) in [4.78, 5) is 33.3. The largest absolute Gasteiger partial charge is 0.391 e. The number of halogens is 3. The van der Waals surface area contributed by atoms with E-state index in [1.807, 2.05) is 0 Å². The van der Waals surface area contributed by atoms with Gasteiger partial charge in [0.05, 0.1) is 16.3 Å². The van der Waals surface area contributed by atoms with Gasteiger partial charge in [0, 0.05) is 23.4 Å². The van der Waals surface area contributed by atoms with Crippen LogP contribution in [0.25, 0.3) is 0 Å². The third kappa shape index (κ3) is 5.18. The number of amides is 2. The monoisotopic (exact) mass is 445 g/mol. The SMILES string of the molecule is N=C(ON)c1ccc(C(=O)Nc2cc(F)c(F)cc2C(=O)Nc2ccc(Cl)cn2)cc1. The van der Waals surface area contributed by atoms with Gasteiger partial charge in [0.15, 0.2) is 11.6 Å². The van der Waals surface area contributed by atoms with E-state index in [0.717, 1.165) is 0 Å². The van der Waals surface area contributed by atoms with Crippen LogP contribution in [0.15, 0.2) is 54.7 Å². The quantitative estimate of drug-likeness (QED) is 0.270. The van der Waals surface area contributed by atoms with E-state index in [9.17, 15) is 18.4 Å². The van der Waals surface area contributed by atoms with Gasteiger partial charge in [0.25, 0.3) is 11.8 Å². The Morgan fingerprint density at radius 3 is 2.23 bits per heavy atom. The van der Waals surface area contributed by atoms with Gasteiger partial charge in [-0.05, 0) is 42.5 Å². The summed E-state index contributed by atoms with van der Waals surface area (Å²) in [7, 11) is 0. The van der Waals surface area contributed by atoms with Gasteiger partial charge in [-0.3, -0.25) is 15.0 Å². The van der Waals surface area contributed by atoms with Crippen molar-refractivity contribution in [2.24, 2.45) is 5.90 Å². The zero-order chi connectivity index (χ0) is 22.5. The normalized spacial score (nSPS) is 10.3. The summed E-state index contributed by atoms with van der Waals surface area (Å²) in [6.45, 7) is 0. The minimum Gasteiger partial charge on any atom is -0.391 e. The van der Waals surface area contributed by atoms with E-state index in [-0.39, 0.29) is 28.5 Å². The van der Waals surface area contributed by atoms with Crippen molar-refractivity contribution < 1.29 is 23.2 Å². The Morgan fingerprint density at radius 2 is 1.61 bits per heavy atom. The number of carbonyl (C=O) groups excluding carboxylic acids is 2. The molecule has 0 radical (unpaired) electrons. The summed E-state index contributed by atoms with van der Waals surface area (Å²) in [5, 5.41) is 12.6. The molecule has 3 aromatic rings. The highest BCUT2D eigenvalue weighted by atomic mass is 35.5. The molecule has 0 unspecified atom stereocenters. The molecule has 2 amide bonds. The maximum atomic E-state index is 13.8. The Kier molecular flexibility index (Phi) is 6.53. The van der Waals surface area contributed by atoms with Gasteiger partial charge < -0.3 is 15.5 Å². The lowest BCUT2D eigenvalue weighted by atomic mass is 10.1. The number of anilines is 2. The van der Waals surface area contributed by atoms with E-state index in [4.69, 9.17) is 22.9 Å². The van der Waals surface area contributed by atoms with Crippen LogP contribution in [-0.2, 0) is 4.84 Å². The van der Waals surface area contributed by atoms with Gasteiger partial charge >= 0.3 is 0 Å². The predicted octanol–water partition coefficient (Wildman–Crippen LogP) is 3.73. The van der Waals surface area contributed by atoms with Crippen LogP contribution in [-0.4, -0.2) is 22.7 Å². The van der Waals surface area contributed by atoms with Crippen LogP contribution in [0.2, 0.25) is 5.02 Å². The molecule has 0 atom stereocenters. The molecule has 0 bridgehead atoms.